The van der Waals surface area contributed by atoms with Crippen molar-refractivity contribution in [2.45, 2.75) is 52.7 Å². The summed E-state index contributed by atoms with van der Waals surface area (Å²) >= 11 is 6.07. The summed E-state index contributed by atoms with van der Waals surface area (Å²) in [6.45, 7) is 7.22. The largest absolute Gasteiger partial charge is 0.493 e. The molecule has 0 saturated carbocycles. The molecule has 0 bridgehead atoms. The van der Waals surface area contributed by atoms with Gasteiger partial charge in [-0.05, 0) is 49.3 Å². The van der Waals surface area contributed by atoms with Crippen molar-refractivity contribution >= 4 is 29.4 Å². The van der Waals surface area contributed by atoms with Gasteiger partial charge in [-0.1, -0.05) is 37.6 Å². The van der Waals surface area contributed by atoms with Crippen LogP contribution in [0.3, 0.4) is 0 Å². The van der Waals surface area contributed by atoms with Crippen LogP contribution in [0.5, 0.6) is 11.5 Å². The van der Waals surface area contributed by atoms with Gasteiger partial charge in [-0.25, -0.2) is 9.78 Å². The van der Waals surface area contributed by atoms with Crippen molar-refractivity contribution in [3.05, 3.63) is 52.8 Å². The lowest BCUT2D eigenvalue weighted by atomic mass is 9.79. The first-order valence-corrected chi connectivity index (χ1v) is 13.6. The third-order valence-corrected chi connectivity index (χ3v) is 6.89. The van der Waals surface area contributed by atoms with Gasteiger partial charge in [-0.2, -0.15) is 0 Å². The van der Waals surface area contributed by atoms with Crippen molar-refractivity contribution in [1.82, 2.24) is 10.3 Å². The minimum absolute atomic E-state index is 0.0329. The first kappa shape index (κ1) is 31.2. The van der Waals surface area contributed by atoms with E-state index in [0.29, 0.717) is 17.5 Å². The Bertz CT molecular complexity index is 1160. The number of ether oxygens (including phenoxy) is 5. The van der Waals surface area contributed by atoms with Crippen LogP contribution in [0.4, 0.5) is 0 Å². The maximum atomic E-state index is 13.3. The summed E-state index contributed by atoms with van der Waals surface area (Å²) in [5.41, 5.74) is 0.963. The molecule has 0 spiro atoms. The molecule has 2 aromatic rings. The minimum Gasteiger partial charge on any atom is -0.493 e. The fourth-order valence-electron chi connectivity index (χ4n) is 4.72. The smallest absolute Gasteiger partial charge is 0.331 e. The van der Waals surface area contributed by atoms with E-state index in [9.17, 15) is 14.4 Å². The molecule has 3 rings (SSSR count). The number of pyridine rings is 1. The molecule has 0 aliphatic carbocycles. The number of esters is 2. The number of carbonyl (C=O) groups excluding carboxylic acids is 3. The Morgan fingerprint density at radius 2 is 1.90 bits per heavy atom. The highest BCUT2D eigenvalue weighted by Crippen LogP contribution is 2.32. The molecule has 218 valence electrons. The first-order chi connectivity index (χ1) is 19.1. The molecule has 1 aliphatic heterocycles. The van der Waals surface area contributed by atoms with Crippen LogP contribution in [0.1, 0.15) is 50.2 Å². The number of cyclic esters (lactones) is 1. The van der Waals surface area contributed by atoms with Crippen LogP contribution < -0.4 is 14.8 Å². The lowest BCUT2D eigenvalue weighted by molar-refractivity contribution is -0.154. The summed E-state index contributed by atoms with van der Waals surface area (Å²) in [7, 11) is 1.40. The van der Waals surface area contributed by atoms with Gasteiger partial charge in [0.15, 0.2) is 23.2 Å². The van der Waals surface area contributed by atoms with Gasteiger partial charge in [0, 0.05) is 30.1 Å². The second kappa shape index (κ2) is 14.9. The summed E-state index contributed by atoms with van der Waals surface area (Å²) in [5, 5.41) is 3.33. The molecule has 10 nitrogen and oxygen atoms in total. The highest BCUT2D eigenvalue weighted by atomic mass is 35.5. The number of carbonyl (C=O) groups is 3. The zero-order chi connectivity index (χ0) is 29.2. The zero-order valence-electron chi connectivity index (χ0n) is 23.5. The Hall–Kier alpha value is -3.37. The van der Waals surface area contributed by atoms with E-state index in [2.05, 4.69) is 24.1 Å². The summed E-state index contributed by atoms with van der Waals surface area (Å²) in [6.07, 6.45) is 2.52. The van der Waals surface area contributed by atoms with E-state index in [1.165, 1.54) is 26.3 Å². The van der Waals surface area contributed by atoms with E-state index in [4.69, 9.17) is 35.3 Å². The molecule has 11 heteroatoms. The number of nitrogens with one attached hydrogen (secondary N) is 1. The minimum atomic E-state index is -1.08. The van der Waals surface area contributed by atoms with E-state index in [1.54, 1.807) is 0 Å². The van der Waals surface area contributed by atoms with Crippen molar-refractivity contribution in [3.8, 4) is 11.5 Å². The van der Waals surface area contributed by atoms with Crippen LogP contribution in [0, 0.1) is 17.8 Å². The molecule has 0 radical (unpaired) electrons. The molecule has 1 aromatic carbocycles. The number of methoxy groups -OCH3 is 1. The van der Waals surface area contributed by atoms with E-state index in [1.807, 2.05) is 31.2 Å². The molecule has 1 aromatic heterocycles. The van der Waals surface area contributed by atoms with Gasteiger partial charge in [0.2, 0.25) is 6.79 Å². The van der Waals surface area contributed by atoms with Crippen LogP contribution in [0.15, 0.2) is 36.5 Å². The normalized spacial score (nSPS) is 21.4. The predicted octanol–water partition coefficient (Wildman–Crippen LogP) is 4.22. The van der Waals surface area contributed by atoms with Gasteiger partial charge >= 0.3 is 11.9 Å². The summed E-state index contributed by atoms with van der Waals surface area (Å²) in [5.74, 6) is -1.21. The molecule has 0 unspecified atom stereocenters. The standard InChI is InChI=1S/C29H37ClN2O8/c1-17(2)12-23-18(3)40-29(35)24(15-37-14-21(23)13-20-6-8-22(30)9-7-20)32-28(34)26-27(39-16-38-19(4)33)25(36-5)10-11-31-26/h6-11,17-18,21,23-24H,12-16H2,1-5H3,(H,32,34)/t18-,21-,23-,24-/m0/s1. The zero-order valence-corrected chi connectivity index (χ0v) is 24.2. The molecule has 2 heterocycles. The van der Waals surface area contributed by atoms with Gasteiger partial charge in [-0.15, -0.1) is 0 Å². The van der Waals surface area contributed by atoms with E-state index >= 15 is 0 Å². The van der Waals surface area contributed by atoms with Crippen LogP contribution in [0.2, 0.25) is 5.02 Å². The summed E-state index contributed by atoms with van der Waals surface area (Å²) in [6, 6.07) is 8.10. The van der Waals surface area contributed by atoms with Gasteiger partial charge in [0.05, 0.1) is 20.3 Å². The number of amides is 1. The Balaban J connectivity index is 1.79. The second-order valence-electron chi connectivity index (χ2n) is 10.2. The van der Waals surface area contributed by atoms with E-state index < -0.39 is 36.8 Å². The molecule has 1 N–H and O–H groups in total. The molecule has 4 atom stereocenters. The molecule has 1 fully saturated rings. The third-order valence-electron chi connectivity index (χ3n) is 6.64. The Morgan fingerprint density at radius 3 is 2.55 bits per heavy atom. The van der Waals surface area contributed by atoms with Gasteiger partial charge < -0.3 is 29.0 Å². The van der Waals surface area contributed by atoms with Gasteiger partial charge in [-0.3, -0.25) is 9.59 Å². The molecule has 40 heavy (non-hydrogen) atoms. The summed E-state index contributed by atoms with van der Waals surface area (Å²) < 4.78 is 27.5. The van der Waals surface area contributed by atoms with Crippen molar-refractivity contribution in [1.29, 1.82) is 0 Å². The van der Waals surface area contributed by atoms with Gasteiger partial charge in [0.25, 0.3) is 5.91 Å². The molecule has 1 saturated heterocycles. The van der Waals surface area contributed by atoms with Crippen LogP contribution >= 0.6 is 11.6 Å². The number of hydrogen-bond acceptors (Lipinski definition) is 9. The second-order valence-corrected chi connectivity index (χ2v) is 10.6. The van der Waals surface area contributed by atoms with Gasteiger partial charge in [0.1, 0.15) is 6.10 Å². The number of hydrogen-bond donors (Lipinski definition) is 1. The lowest BCUT2D eigenvalue weighted by Crippen LogP contribution is -2.46. The first-order valence-electron chi connectivity index (χ1n) is 13.2. The fraction of sp³-hybridized carbons (Fsp3) is 0.517. The van der Waals surface area contributed by atoms with Crippen molar-refractivity contribution in [3.63, 3.8) is 0 Å². The summed E-state index contributed by atoms with van der Waals surface area (Å²) in [4.78, 5) is 41.7. The molecule has 1 aliphatic rings. The average molecular weight is 577 g/mol. The average Bonchev–Trinajstić information content (AvgIpc) is 2.95. The third kappa shape index (κ3) is 8.82. The SMILES string of the molecule is COc1ccnc(C(=O)N[C@H]2COC[C@H](Cc3ccc(Cl)cc3)[C@@H](CC(C)C)[C@H](C)OC2=O)c1OCOC(C)=O. The lowest BCUT2D eigenvalue weighted by Gasteiger charge is -2.32. The monoisotopic (exact) mass is 576 g/mol. The van der Waals surface area contributed by atoms with Crippen molar-refractivity contribution in [2.75, 3.05) is 27.1 Å². The van der Waals surface area contributed by atoms with E-state index in [0.717, 1.165) is 18.4 Å². The molecular formula is C29H37ClN2O8. The van der Waals surface area contributed by atoms with Crippen LogP contribution in [-0.2, 0) is 30.2 Å². The highest BCUT2D eigenvalue weighted by molar-refractivity contribution is 6.30. The Labute approximate surface area is 239 Å². The maximum Gasteiger partial charge on any atom is 0.331 e. The van der Waals surface area contributed by atoms with Crippen molar-refractivity contribution < 1.29 is 38.1 Å². The molecule has 1 amide bonds. The fourth-order valence-corrected chi connectivity index (χ4v) is 4.84. The predicted molar refractivity (Wildman–Crippen MR) is 147 cm³/mol. The van der Waals surface area contributed by atoms with Crippen LogP contribution in [-0.4, -0.2) is 62.1 Å². The topological polar surface area (TPSA) is 122 Å². The Morgan fingerprint density at radius 1 is 1.18 bits per heavy atom. The number of rotatable bonds is 10. The number of halogens is 1. The Kier molecular flexibility index (Phi) is 11.6. The van der Waals surface area contributed by atoms with Crippen molar-refractivity contribution in [2.24, 2.45) is 17.8 Å². The quantitative estimate of drug-likeness (QED) is 0.327. The van der Waals surface area contributed by atoms with Crippen LogP contribution in [0.25, 0.3) is 0 Å². The number of aromatic nitrogens is 1. The maximum absolute atomic E-state index is 13.3. The highest BCUT2D eigenvalue weighted by Gasteiger charge is 2.35. The van der Waals surface area contributed by atoms with E-state index in [-0.39, 0.29) is 35.6 Å². The number of nitrogens with zero attached hydrogens (tertiary/aromatic N) is 1. The molecular weight excluding hydrogens is 540 g/mol. The number of benzene rings is 1.